The summed E-state index contributed by atoms with van der Waals surface area (Å²) in [6.45, 7) is 2.76. The maximum absolute atomic E-state index is 14.5. The standard InChI is InChI=1S/C24H24FN9O/c1-11-7-29-34-10-15(8-28-22(11)34)35-24-31-21-19(16-4-13(25)5-18(27-2)20(16)30-21)23(32-24)33-9-12-3-14(33)6-17(12)26/h4-5,7-8,10,12,14,17,27H,3,6,9,26H2,1-2H3,(H,30,31,32). The quantitative estimate of drug-likeness (QED) is 0.363. The van der Waals surface area contributed by atoms with Crippen LogP contribution in [0.3, 0.4) is 0 Å². The number of anilines is 2. The van der Waals surface area contributed by atoms with E-state index in [-0.39, 0.29) is 23.9 Å². The number of aromatic nitrogens is 6. The summed E-state index contributed by atoms with van der Waals surface area (Å²) >= 11 is 0. The normalized spacial score (nSPS) is 21.6. The molecule has 0 radical (unpaired) electrons. The highest BCUT2D eigenvalue weighted by Crippen LogP contribution is 2.44. The van der Waals surface area contributed by atoms with Gasteiger partial charge in [0.2, 0.25) is 0 Å². The first-order valence-corrected chi connectivity index (χ1v) is 11.7. The molecule has 5 heterocycles. The molecule has 5 aromatic rings. The molecule has 1 aromatic carbocycles. The maximum Gasteiger partial charge on any atom is 0.326 e. The lowest BCUT2D eigenvalue weighted by atomic mass is 10.0. The Kier molecular flexibility index (Phi) is 4.23. The van der Waals surface area contributed by atoms with Gasteiger partial charge in [0.05, 0.1) is 35.2 Å². The number of benzene rings is 1. The summed E-state index contributed by atoms with van der Waals surface area (Å²) in [6.07, 6.45) is 7.07. The fourth-order valence-electron chi connectivity index (χ4n) is 5.66. The van der Waals surface area contributed by atoms with Crippen LogP contribution < -0.4 is 20.7 Å². The van der Waals surface area contributed by atoms with E-state index in [4.69, 9.17) is 15.5 Å². The molecule has 2 fully saturated rings. The number of hydrogen-bond donors (Lipinski definition) is 3. The van der Waals surface area contributed by atoms with Gasteiger partial charge in [-0.25, -0.2) is 13.9 Å². The van der Waals surface area contributed by atoms with Gasteiger partial charge in [0.15, 0.2) is 11.4 Å². The zero-order valence-electron chi connectivity index (χ0n) is 19.3. The zero-order chi connectivity index (χ0) is 23.8. The smallest absolute Gasteiger partial charge is 0.326 e. The highest BCUT2D eigenvalue weighted by atomic mass is 19.1. The minimum Gasteiger partial charge on any atom is -0.421 e. The monoisotopic (exact) mass is 473 g/mol. The Morgan fingerprint density at radius 1 is 1.23 bits per heavy atom. The van der Waals surface area contributed by atoms with Crippen molar-refractivity contribution < 1.29 is 9.13 Å². The highest BCUT2D eigenvalue weighted by molar-refractivity contribution is 6.14. The Labute approximate surface area is 199 Å². The lowest BCUT2D eigenvalue weighted by Gasteiger charge is -2.31. The van der Waals surface area contributed by atoms with Crippen molar-refractivity contribution in [1.82, 2.24) is 29.5 Å². The molecule has 4 N–H and O–H groups in total. The van der Waals surface area contributed by atoms with Gasteiger partial charge in [-0.2, -0.15) is 15.1 Å². The van der Waals surface area contributed by atoms with Crippen molar-refractivity contribution >= 4 is 39.1 Å². The van der Waals surface area contributed by atoms with Crippen LogP contribution in [0, 0.1) is 18.7 Å². The Morgan fingerprint density at radius 3 is 2.89 bits per heavy atom. The van der Waals surface area contributed by atoms with Crippen LogP contribution in [-0.4, -0.2) is 55.2 Å². The van der Waals surface area contributed by atoms with Crippen molar-refractivity contribution in [1.29, 1.82) is 0 Å². The summed E-state index contributed by atoms with van der Waals surface area (Å²) in [4.78, 5) is 19.6. The molecule has 7 rings (SSSR count). The lowest BCUT2D eigenvalue weighted by molar-refractivity contribution is 0.435. The molecule has 0 spiro atoms. The number of hydrogen-bond acceptors (Lipinski definition) is 8. The summed E-state index contributed by atoms with van der Waals surface area (Å²) in [7, 11) is 1.77. The largest absolute Gasteiger partial charge is 0.421 e. The molecular formula is C24H24FN9O. The Hall–Kier alpha value is -3.99. The summed E-state index contributed by atoms with van der Waals surface area (Å²) in [5.41, 5.74) is 10.1. The van der Waals surface area contributed by atoms with Crippen molar-refractivity contribution in [2.75, 3.05) is 23.8 Å². The van der Waals surface area contributed by atoms with Gasteiger partial charge in [-0.1, -0.05) is 0 Å². The van der Waals surface area contributed by atoms with Crippen molar-refractivity contribution in [3.05, 3.63) is 42.1 Å². The number of nitrogens with one attached hydrogen (secondary N) is 2. The van der Waals surface area contributed by atoms with E-state index >= 15 is 0 Å². The van der Waals surface area contributed by atoms with E-state index < -0.39 is 0 Å². The predicted octanol–water partition coefficient (Wildman–Crippen LogP) is 3.36. The van der Waals surface area contributed by atoms with Gasteiger partial charge in [-0.15, -0.1) is 0 Å². The van der Waals surface area contributed by atoms with E-state index in [0.29, 0.717) is 23.0 Å². The summed E-state index contributed by atoms with van der Waals surface area (Å²) in [5, 5.41) is 8.88. The minimum atomic E-state index is -0.326. The van der Waals surface area contributed by atoms with Crippen molar-refractivity contribution in [2.45, 2.75) is 31.8 Å². The Balaban J connectivity index is 1.40. The first-order valence-electron chi connectivity index (χ1n) is 11.7. The van der Waals surface area contributed by atoms with Crippen LogP contribution in [0.1, 0.15) is 18.4 Å². The van der Waals surface area contributed by atoms with Crippen molar-refractivity contribution in [3.8, 4) is 11.8 Å². The van der Waals surface area contributed by atoms with Crippen LogP contribution in [0.25, 0.3) is 27.6 Å². The number of halogens is 1. The SMILES string of the molecule is CNc1cc(F)cc2c1[nH]c1nc(Oc3cnc4c(C)cnn4c3)nc(N3CC4CC3CC4N)c12. The van der Waals surface area contributed by atoms with Gasteiger partial charge in [-0.3, -0.25) is 0 Å². The fraction of sp³-hybridized carbons (Fsp3) is 0.333. The van der Waals surface area contributed by atoms with Gasteiger partial charge < -0.3 is 25.7 Å². The van der Waals surface area contributed by atoms with E-state index in [1.165, 1.54) is 12.1 Å². The Bertz CT molecular complexity index is 1620. The van der Waals surface area contributed by atoms with Crippen molar-refractivity contribution in [2.24, 2.45) is 11.7 Å². The lowest BCUT2D eigenvalue weighted by Crippen LogP contribution is -2.41. The number of aryl methyl sites for hydroxylation is 1. The Morgan fingerprint density at radius 2 is 2.11 bits per heavy atom. The molecule has 178 valence electrons. The summed E-state index contributed by atoms with van der Waals surface area (Å²) < 4.78 is 22.3. The second-order valence-electron chi connectivity index (χ2n) is 9.49. The van der Waals surface area contributed by atoms with E-state index in [1.54, 1.807) is 30.2 Å². The molecule has 1 saturated carbocycles. The van der Waals surface area contributed by atoms with Gasteiger partial charge in [0.1, 0.15) is 17.3 Å². The van der Waals surface area contributed by atoms with Crippen LogP contribution in [0.4, 0.5) is 15.9 Å². The molecule has 2 bridgehead atoms. The second-order valence-corrected chi connectivity index (χ2v) is 9.49. The summed E-state index contributed by atoms with van der Waals surface area (Å²) in [6, 6.07) is 3.67. The van der Waals surface area contributed by atoms with E-state index in [0.717, 1.165) is 52.7 Å². The average Bonchev–Trinajstić information content (AvgIpc) is 3.60. The molecule has 3 unspecified atom stereocenters. The third-order valence-electron chi connectivity index (χ3n) is 7.34. The number of ether oxygens (including phenoxy) is 1. The van der Waals surface area contributed by atoms with Gasteiger partial charge in [-0.05, 0) is 37.8 Å². The van der Waals surface area contributed by atoms with Gasteiger partial charge in [0.25, 0.3) is 0 Å². The zero-order valence-corrected chi connectivity index (χ0v) is 19.3. The number of H-pyrrole nitrogens is 1. The molecule has 10 nitrogen and oxygen atoms in total. The van der Waals surface area contributed by atoms with Crippen LogP contribution in [0.2, 0.25) is 0 Å². The molecular weight excluding hydrogens is 449 g/mol. The van der Waals surface area contributed by atoms with E-state index in [9.17, 15) is 4.39 Å². The number of nitrogens with zero attached hydrogens (tertiary/aromatic N) is 6. The number of nitrogens with two attached hydrogens (primary N) is 1. The average molecular weight is 474 g/mol. The molecule has 35 heavy (non-hydrogen) atoms. The minimum absolute atomic E-state index is 0.183. The van der Waals surface area contributed by atoms with Gasteiger partial charge >= 0.3 is 6.01 Å². The maximum atomic E-state index is 14.5. The highest BCUT2D eigenvalue weighted by Gasteiger charge is 2.44. The van der Waals surface area contributed by atoms with Crippen molar-refractivity contribution in [3.63, 3.8) is 0 Å². The van der Waals surface area contributed by atoms with Crippen LogP contribution in [-0.2, 0) is 0 Å². The van der Waals surface area contributed by atoms with Crippen LogP contribution in [0.15, 0.2) is 30.7 Å². The topological polar surface area (TPSA) is 122 Å². The fourth-order valence-corrected chi connectivity index (χ4v) is 5.66. The number of fused-ring (bicyclic) bond motifs is 6. The first-order chi connectivity index (χ1) is 17.0. The molecule has 2 aliphatic rings. The molecule has 0 amide bonds. The first kappa shape index (κ1) is 20.4. The second kappa shape index (κ2) is 7.25. The van der Waals surface area contributed by atoms with E-state index in [1.807, 2.05) is 6.92 Å². The van der Waals surface area contributed by atoms with Gasteiger partial charge in [0, 0.05) is 36.6 Å². The third kappa shape index (κ3) is 3.04. The third-order valence-corrected chi connectivity index (χ3v) is 7.34. The molecule has 1 aliphatic carbocycles. The molecule has 1 saturated heterocycles. The number of piperidine rings is 1. The summed E-state index contributed by atoms with van der Waals surface area (Å²) in [5.74, 6) is 1.29. The molecule has 11 heteroatoms. The number of aromatic amines is 1. The molecule has 1 aliphatic heterocycles. The van der Waals surface area contributed by atoms with E-state index in [2.05, 4.69) is 30.3 Å². The van der Waals surface area contributed by atoms with Crippen LogP contribution >= 0.6 is 0 Å². The van der Waals surface area contributed by atoms with Crippen LogP contribution in [0.5, 0.6) is 11.8 Å². The molecule has 4 aromatic heterocycles. The predicted molar refractivity (Wildman–Crippen MR) is 131 cm³/mol. The molecule has 3 atom stereocenters. The number of rotatable bonds is 4.